The molecule has 1 saturated carbocycles. The summed E-state index contributed by atoms with van der Waals surface area (Å²) in [6.07, 6.45) is 6.35. The van der Waals surface area contributed by atoms with Gasteiger partial charge >= 0.3 is 0 Å². The molecule has 1 N–H and O–H groups in total. The summed E-state index contributed by atoms with van der Waals surface area (Å²) in [5.41, 5.74) is 0.859. The molecule has 1 fully saturated rings. The van der Waals surface area contributed by atoms with Gasteiger partial charge in [-0.15, -0.1) is 11.6 Å². The van der Waals surface area contributed by atoms with Gasteiger partial charge in [0.05, 0.1) is 0 Å². The van der Waals surface area contributed by atoms with E-state index in [0.29, 0.717) is 5.92 Å². The number of amides is 1. The molecular weight excluding hydrogens is 258 g/mol. The molecule has 0 bridgehead atoms. The van der Waals surface area contributed by atoms with Crippen LogP contribution in [-0.2, 0) is 4.79 Å². The summed E-state index contributed by atoms with van der Waals surface area (Å²) in [4.78, 5) is 12.2. The first kappa shape index (κ1) is 14.4. The summed E-state index contributed by atoms with van der Waals surface area (Å²) >= 11 is 6.23. The molecule has 0 spiro atoms. The number of carbonyl (C=O) groups is 1. The fraction of sp³-hybridized carbons (Fsp3) is 0.562. The number of alkyl halides is 1. The van der Waals surface area contributed by atoms with Crippen LogP contribution in [0.25, 0.3) is 0 Å². The maximum Gasteiger partial charge on any atom is 0.242 e. The number of hydrogen-bond acceptors (Lipinski definition) is 1. The second-order valence-electron chi connectivity index (χ2n) is 5.47. The lowest BCUT2D eigenvalue weighted by Gasteiger charge is -2.28. The highest BCUT2D eigenvalue weighted by atomic mass is 35.5. The highest BCUT2D eigenvalue weighted by Crippen LogP contribution is 2.27. The van der Waals surface area contributed by atoms with E-state index in [-0.39, 0.29) is 11.9 Å². The monoisotopic (exact) mass is 279 g/mol. The number of carbonyl (C=O) groups excluding carboxylic acids is 1. The molecule has 0 heterocycles. The molecule has 19 heavy (non-hydrogen) atoms. The van der Waals surface area contributed by atoms with Gasteiger partial charge in [-0.2, -0.15) is 0 Å². The van der Waals surface area contributed by atoms with E-state index < -0.39 is 5.38 Å². The van der Waals surface area contributed by atoms with Gasteiger partial charge in [0.1, 0.15) is 5.38 Å². The molecule has 1 aromatic carbocycles. The minimum absolute atomic E-state index is 0.0778. The van der Waals surface area contributed by atoms with Gasteiger partial charge in [-0.25, -0.2) is 0 Å². The van der Waals surface area contributed by atoms with Crippen LogP contribution in [0.3, 0.4) is 0 Å². The summed E-state index contributed by atoms with van der Waals surface area (Å²) < 4.78 is 0. The molecule has 2 nitrogen and oxygen atoms in total. The van der Waals surface area contributed by atoms with Gasteiger partial charge < -0.3 is 5.32 Å². The van der Waals surface area contributed by atoms with Crippen LogP contribution < -0.4 is 5.32 Å². The summed E-state index contributed by atoms with van der Waals surface area (Å²) in [6, 6.07) is 9.74. The summed E-state index contributed by atoms with van der Waals surface area (Å²) in [5, 5.41) is 2.49. The maximum absolute atomic E-state index is 12.2. The molecule has 3 heteroatoms. The van der Waals surface area contributed by atoms with Crippen LogP contribution in [0.2, 0.25) is 0 Å². The Balaban J connectivity index is 1.89. The van der Waals surface area contributed by atoms with Gasteiger partial charge in [-0.05, 0) is 31.2 Å². The summed E-state index contributed by atoms with van der Waals surface area (Å²) in [7, 11) is 0. The zero-order chi connectivity index (χ0) is 13.7. The number of halogens is 1. The first-order valence-electron chi connectivity index (χ1n) is 7.18. The van der Waals surface area contributed by atoms with E-state index in [9.17, 15) is 4.79 Å². The average molecular weight is 280 g/mol. The Morgan fingerprint density at radius 1 is 1.21 bits per heavy atom. The highest BCUT2D eigenvalue weighted by molar-refractivity contribution is 6.30. The quantitative estimate of drug-likeness (QED) is 0.828. The molecule has 2 unspecified atom stereocenters. The van der Waals surface area contributed by atoms with Crippen molar-refractivity contribution in [2.45, 2.75) is 50.4 Å². The molecule has 2 atom stereocenters. The van der Waals surface area contributed by atoms with Crippen molar-refractivity contribution >= 4 is 17.5 Å². The highest BCUT2D eigenvalue weighted by Gasteiger charge is 2.24. The van der Waals surface area contributed by atoms with Crippen LogP contribution >= 0.6 is 11.6 Å². The van der Waals surface area contributed by atoms with E-state index >= 15 is 0 Å². The number of rotatable bonds is 4. The van der Waals surface area contributed by atoms with Gasteiger partial charge in [0.2, 0.25) is 5.91 Å². The zero-order valence-corrected chi connectivity index (χ0v) is 12.2. The Kier molecular flexibility index (Phi) is 5.26. The summed E-state index contributed by atoms with van der Waals surface area (Å²) in [6.45, 7) is 2.10. The zero-order valence-electron chi connectivity index (χ0n) is 11.4. The topological polar surface area (TPSA) is 29.1 Å². The second-order valence-corrected chi connectivity index (χ2v) is 5.91. The maximum atomic E-state index is 12.2. The fourth-order valence-corrected chi connectivity index (χ4v) is 3.03. The van der Waals surface area contributed by atoms with Crippen LogP contribution in [0.5, 0.6) is 0 Å². The normalized spacial score (nSPS) is 19.7. The van der Waals surface area contributed by atoms with Crippen LogP contribution in [-0.4, -0.2) is 11.9 Å². The molecule has 0 radical (unpaired) electrons. The minimum Gasteiger partial charge on any atom is -0.352 e. The van der Waals surface area contributed by atoms with Crippen molar-refractivity contribution in [3.8, 4) is 0 Å². The SMILES string of the molecule is CC(NC(=O)C(Cl)c1ccccc1)C1CCCCC1. The Hall–Kier alpha value is -1.02. The third kappa shape index (κ3) is 3.97. The van der Waals surface area contributed by atoms with E-state index in [1.165, 1.54) is 32.1 Å². The molecule has 104 valence electrons. The van der Waals surface area contributed by atoms with Crippen LogP contribution in [0, 0.1) is 5.92 Å². The van der Waals surface area contributed by atoms with E-state index in [1.807, 2.05) is 30.3 Å². The molecule has 0 saturated heterocycles. The smallest absolute Gasteiger partial charge is 0.242 e. The standard InChI is InChI=1S/C16H22ClNO/c1-12(13-8-4-2-5-9-13)18-16(19)15(17)14-10-6-3-7-11-14/h3,6-7,10-13,15H,2,4-5,8-9H2,1H3,(H,18,19). The fourth-order valence-electron chi connectivity index (χ4n) is 2.82. The predicted molar refractivity (Wildman–Crippen MR) is 79.2 cm³/mol. The Morgan fingerprint density at radius 2 is 1.84 bits per heavy atom. The first-order valence-corrected chi connectivity index (χ1v) is 7.61. The lowest BCUT2D eigenvalue weighted by atomic mass is 9.84. The molecule has 2 rings (SSSR count). The van der Waals surface area contributed by atoms with Gasteiger partial charge in [0.15, 0.2) is 0 Å². The number of nitrogens with one attached hydrogen (secondary N) is 1. The van der Waals surface area contributed by atoms with Crippen molar-refractivity contribution < 1.29 is 4.79 Å². The molecular formula is C16H22ClNO. The third-order valence-corrected chi connectivity index (χ3v) is 4.50. The molecule has 1 aliphatic rings. The third-order valence-electron chi connectivity index (χ3n) is 4.05. The predicted octanol–water partition coefficient (Wildman–Crippen LogP) is 4.05. The van der Waals surface area contributed by atoms with E-state index in [4.69, 9.17) is 11.6 Å². The molecule has 0 aliphatic heterocycles. The van der Waals surface area contributed by atoms with E-state index in [0.717, 1.165) is 5.56 Å². The number of benzene rings is 1. The van der Waals surface area contributed by atoms with Crippen molar-refractivity contribution in [2.75, 3.05) is 0 Å². The van der Waals surface area contributed by atoms with Crippen LogP contribution in [0.4, 0.5) is 0 Å². The largest absolute Gasteiger partial charge is 0.352 e. The Labute approximate surface area is 120 Å². The molecule has 1 amide bonds. The lowest BCUT2D eigenvalue weighted by Crippen LogP contribution is -2.40. The second kappa shape index (κ2) is 6.95. The van der Waals surface area contributed by atoms with Crippen LogP contribution in [0.15, 0.2) is 30.3 Å². The Morgan fingerprint density at radius 3 is 2.47 bits per heavy atom. The molecule has 0 aromatic heterocycles. The molecule has 1 aromatic rings. The van der Waals surface area contributed by atoms with Gasteiger partial charge in [0, 0.05) is 6.04 Å². The van der Waals surface area contributed by atoms with Gasteiger partial charge in [-0.1, -0.05) is 49.6 Å². The first-order chi connectivity index (χ1) is 9.18. The summed E-state index contributed by atoms with van der Waals surface area (Å²) in [5.74, 6) is 0.531. The van der Waals surface area contributed by atoms with E-state index in [2.05, 4.69) is 12.2 Å². The number of hydrogen-bond donors (Lipinski definition) is 1. The minimum atomic E-state index is -0.591. The van der Waals surface area contributed by atoms with Crippen molar-refractivity contribution in [1.82, 2.24) is 5.32 Å². The van der Waals surface area contributed by atoms with Gasteiger partial charge in [-0.3, -0.25) is 4.79 Å². The Bertz CT molecular complexity index is 400. The van der Waals surface area contributed by atoms with Crippen LogP contribution in [0.1, 0.15) is 50.0 Å². The van der Waals surface area contributed by atoms with Crippen molar-refractivity contribution in [2.24, 2.45) is 5.92 Å². The van der Waals surface area contributed by atoms with Crippen molar-refractivity contribution in [3.05, 3.63) is 35.9 Å². The van der Waals surface area contributed by atoms with Crippen molar-refractivity contribution in [3.63, 3.8) is 0 Å². The average Bonchev–Trinajstić information content (AvgIpc) is 2.48. The van der Waals surface area contributed by atoms with E-state index in [1.54, 1.807) is 0 Å². The molecule has 1 aliphatic carbocycles. The van der Waals surface area contributed by atoms with Crippen molar-refractivity contribution in [1.29, 1.82) is 0 Å². The van der Waals surface area contributed by atoms with Gasteiger partial charge in [0.25, 0.3) is 0 Å². The lowest BCUT2D eigenvalue weighted by molar-refractivity contribution is -0.121.